The van der Waals surface area contributed by atoms with E-state index in [0.717, 1.165) is 6.42 Å². The Kier molecular flexibility index (Phi) is 3.52. The summed E-state index contributed by atoms with van der Waals surface area (Å²) in [6.45, 7) is 0.278. The molecule has 0 aromatic heterocycles. The van der Waals surface area contributed by atoms with Crippen LogP contribution in [0.5, 0.6) is 0 Å². The van der Waals surface area contributed by atoms with E-state index in [2.05, 4.69) is 6.08 Å². The first kappa shape index (κ1) is 7.80. The van der Waals surface area contributed by atoms with Gasteiger partial charge in [0.1, 0.15) is 0 Å². The van der Waals surface area contributed by atoms with Gasteiger partial charge < -0.3 is 5.11 Å². The first-order valence-corrected chi connectivity index (χ1v) is 4.22. The van der Waals surface area contributed by atoms with E-state index in [1.807, 2.05) is 0 Å². The van der Waals surface area contributed by atoms with Gasteiger partial charge in [0.05, 0.1) is 6.61 Å². The third kappa shape index (κ3) is 2.53. The predicted octanol–water partition coefficient (Wildman–Crippen LogP) is 2.26. The molecular formula is C9H16O. The van der Waals surface area contributed by atoms with Crippen molar-refractivity contribution in [3.8, 4) is 0 Å². The lowest BCUT2D eigenvalue weighted by Crippen LogP contribution is -1.94. The minimum atomic E-state index is 0.278. The fourth-order valence-corrected chi connectivity index (χ4v) is 1.40. The van der Waals surface area contributed by atoms with Crippen molar-refractivity contribution >= 4 is 0 Å². The highest BCUT2D eigenvalue weighted by molar-refractivity contribution is 5.02. The van der Waals surface area contributed by atoms with Gasteiger partial charge in [-0.15, -0.1) is 0 Å². The highest BCUT2D eigenvalue weighted by atomic mass is 16.3. The van der Waals surface area contributed by atoms with E-state index in [4.69, 9.17) is 5.11 Å². The van der Waals surface area contributed by atoms with Gasteiger partial charge in [0.25, 0.3) is 0 Å². The van der Waals surface area contributed by atoms with Crippen molar-refractivity contribution in [2.45, 2.75) is 38.5 Å². The molecule has 1 nitrogen and oxygen atoms in total. The number of rotatable bonds is 1. The van der Waals surface area contributed by atoms with E-state index in [1.54, 1.807) is 0 Å². The van der Waals surface area contributed by atoms with Crippen LogP contribution in [-0.2, 0) is 0 Å². The summed E-state index contributed by atoms with van der Waals surface area (Å²) in [7, 11) is 0. The standard InChI is InChI=1S/C9H16O/c10-8-9-6-4-2-1-3-5-7-9/h6,10H,1-5,7-8H2/b9-6+. The van der Waals surface area contributed by atoms with Crippen molar-refractivity contribution in [2.24, 2.45) is 0 Å². The quantitative estimate of drug-likeness (QED) is 0.554. The second-order valence-electron chi connectivity index (χ2n) is 2.97. The molecule has 0 amide bonds. The van der Waals surface area contributed by atoms with Gasteiger partial charge in [0.15, 0.2) is 0 Å². The number of hydrogen-bond acceptors (Lipinski definition) is 1. The fraction of sp³-hybridized carbons (Fsp3) is 0.778. The molecule has 1 N–H and O–H groups in total. The number of aliphatic hydroxyl groups is 1. The van der Waals surface area contributed by atoms with Crippen molar-refractivity contribution in [1.29, 1.82) is 0 Å². The largest absolute Gasteiger partial charge is 0.392 e. The Bertz CT molecular complexity index is 116. The van der Waals surface area contributed by atoms with E-state index in [-0.39, 0.29) is 6.61 Å². The van der Waals surface area contributed by atoms with Crippen LogP contribution >= 0.6 is 0 Å². The van der Waals surface area contributed by atoms with Crippen LogP contribution in [0, 0.1) is 0 Å². The van der Waals surface area contributed by atoms with Gasteiger partial charge in [-0.25, -0.2) is 0 Å². The van der Waals surface area contributed by atoms with Crippen LogP contribution in [0.1, 0.15) is 38.5 Å². The zero-order valence-corrected chi connectivity index (χ0v) is 6.47. The van der Waals surface area contributed by atoms with E-state index in [1.165, 1.54) is 37.7 Å². The molecule has 0 unspecified atom stereocenters. The van der Waals surface area contributed by atoms with Crippen LogP contribution in [0.2, 0.25) is 0 Å². The molecule has 10 heavy (non-hydrogen) atoms. The summed E-state index contributed by atoms with van der Waals surface area (Å²) in [5.74, 6) is 0. The molecule has 0 aliphatic heterocycles. The summed E-state index contributed by atoms with van der Waals surface area (Å²) >= 11 is 0. The third-order valence-corrected chi connectivity index (χ3v) is 2.09. The van der Waals surface area contributed by atoms with Crippen molar-refractivity contribution in [3.05, 3.63) is 11.6 Å². The molecule has 0 heterocycles. The van der Waals surface area contributed by atoms with Gasteiger partial charge in [0, 0.05) is 0 Å². The maximum Gasteiger partial charge on any atom is 0.0641 e. The highest BCUT2D eigenvalue weighted by Gasteiger charge is 1.99. The van der Waals surface area contributed by atoms with Crippen LogP contribution < -0.4 is 0 Å². The van der Waals surface area contributed by atoms with Crippen LogP contribution in [-0.4, -0.2) is 11.7 Å². The van der Waals surface area contributed by atoms with Gasteiger partial charge in [-0.3, -0.25) is 0 Å². The molecule has 0 radical (unpaired) electrons. The third-order valence-electron chi connectivity index (χ3n) is 2.09. The van der Waals surface area contributed by atoms with Gasteiger partial charge in [-0.2, -0.15) is 0 Å². The summed E-state index contributed by atoms with van der Waals surface area (Å²) < 4.78 is 0. The topological polar surface area (TPSA) is 20.2 Å². The lowest BCUT2D eigenvalue weighted by Gasteiger charge is -2.07. The van der Waals surface area contributed by atoms with E-state index >= 15 is 0 Å². The number of hydrogen-bond donors (Lipinski definition) is 1. The van der Waals surface area contributed by atoms with Crippen LogP contribution in [0.25, 0.3) is 0 Å². The summed E-state index contributed by atoms with van der Waals surface area (Å²) in [5, 5.41) is 8.84. The summed E-state index contributed by atoms with van der Waals surface area (Å²) in [5.41, 5.74) is 1.25. The molecular weight excluding hydrogens is 124 g/mol. The summed E-state index contributed by atoms with van der Waals surface area (Å²) in [6.07, 6.45) is 9.80. The minimum Gasteiger partial charge on any atom is -0.392 e. The molecule has 0 saturated heterocycles. The number of aliphatic hydroxyl groups excluding tert-OH is 1. The number of allylic oxidation sites excluding steroid dienone is 1. The van der Waals surface area contributed by atoms with Gasteiger partial charge in [-0.05, 0) is 31.3 Å². The highest BCUT2D eigenvalue weighted by Crippen LogP contribution is 2.15. The monoisotopic (exact) mass is 140 g/mol. The van der Waals surface area contributed by atoms with Crippen molar-refractivity contribution < 1.29 is 5.11 Å². The van der Waals surface area contributed by atoms with Crippen LogP contribution in [0.15, 0.2) is 11.6 Å². The molecule has 1 aliphatic rings. The van der Waals surface area contributed by atoms with Gasteiger partial charge in [0.2, 0.25) is 0 Å². The average Bonchev–Trinajstić information content (AvgIpc) is 1.87. The van der Waals surface area contributed by atoms with E-state index in [0.29, 0.717) is 0 Å². The zero-order valence-electron chi connectivity index (χ0n) is 6.47. The molecule has 0 atom stereocenters. The zero-order chi connectivity index (χ0) is 7.23. The molecule has 58 valence electrons. The van der Waals surface area contributed by atoms with Gasteiger partial charge in [-0.1, -0.05) is 18.9 Å². The molecule has 0 bridgehead atoms. The lowest BCUT2D eigenvalue weighted by atomic mass is 10.0. The smallest absolute Gasteiger partial charge is 0.0641 e. The Balaban J connectivity index is 2.35. The normalized spacial score (nSPS) is 26.3. The molecule has 0 spiro atoms. The van der Waals surface area contributed by atoms with E-state index < -0.39 is 0 Å². The molecule has 0 fully saturated rings. The Hall–Kier alpha value is -0.300. The lowest BCUT2D eigenvalue weighted by molar-refractivity contribution is 0.323. The second-order valence-corrected chi connectivity index (χ2v) is 2.97. The van der Waals surface area contributed by atoms with Crippen LogP contribution in [0.3, 0.4) is 0 Å². The fourth-order valence-electron chi connectivity index (χ4n) is 1.40. The predicted molar refractivity (Wildman–Crippen MR) is 42.9 cm³/mol. The summed E-state index contributed by atoms with van der Waals surface area (Å²) in [4.78, 5) is 0. The Morgan fingerprint density at radius 2 is 2.00 bits per heavy atom. The van der Waals surface area contributed by atoms with Crippen molar-refractivity contribution in [2.75, 3.05) is 6.61 Å². The average molecular weight is 140 g/mol. The first-order valence-electron chi connectivity index (χ1n) is 4.22. The Morgan fingerprint density at radius 1 is 1.20 bits per heavy atom. The Labute approximate surface area is 62.8 Å². The maximum absolute atomic E-state index is 8.84. The summed E-state index contributed by atoms with van der Waals surface area (Å²) in [6, 6.07) is 0. The molecule has 0 saturated carbocycles. The van der Waals surface area contributed by atoms with Crippen molar-refractivity contribution in [1.82, 2.24) is 0 Å². The molecule has 1 heteroatoms. The Morgan fingerprint density at radius 3 is 2.80 bits per heavy atom. The molecule has 0 aromatic carbocycles. The molecule has 0 aromatic rings. The molecule has 1 aliphatic carbocycles. The van der Waals surface area contributed by atoms with Crippen molar-refractivity contribution in [3.63, 3.8) is 0 Å². The molecule has 1 rings (SSSR count). The van der Waals surface area contributed by atoms with Gasteiger partial charge >= 0.3 is 0 Å². The minimum absolute atomic E-state index is 0.278. The second kappa shape index (κ2) is 4.51. The maximum atomic E-state index is 8.84. The first-order chi connectivity index (χ1) is 4.93. The van der Waals surface area contributed by atoms with E-state index in [9.17, 15) is 0 Å². The van der Waals surface area contributed by atoms with Crippen LogP contribution in [0.4, 0.5) is 0 Å². The SMILES string of the molecule is OC/C1=C/CCCCCC1.